The number of aromatic carboxylic acids is 1. The largest absolute Gasteiger partial charge is 0.477 e. The van der Waals surface area contributed by atoms with Crippen molar-refractivity contribution in [2.24, 2.45) is 5.73 Å². The van der Waals surface area contributed by atoms with Gasteiger partial charge < -0.3 is 15.7 Å². The van der Waals surface area contributed by atoms with Crippen molar-refractivity contribution >= 4 is 17.3 Å². The summed E-state index contributed by atoms with van der Waals surface area (Å²) in [6.07, 6.45) is 1.72. The zero-order valence-corrected chi connectivity index (χ0v) is 10.3. The number of nitrogens with zero attached hydrogens (tertiary/aromatic N) is 2. The summed E-state index contributed by atoms with van der Waals surface area (Å²) in [6, 6.07) is 4.30. The summed E-state index contributed by atoms with van der Waals surface area (Å²) in [5, 5.41) is 20.2. The van der Waals surface area contributed by atoms with Gasteiger partial charge in [0.25, 0.3) is 0 Å². The Bertz CT molecular complexity index is 518. The molecule has 1 atom stereocenters. The minimum Gasteiger partial charge on any atom is -0.477 e. The third kappa shape index (κ3) is 2.65. The topological polar surface area (TPSA) is 110 Å². The first-order chi connectivity index (χ1) is 9.00. The highest BCUT2D eigenvalue weighted by Gasteiger charge is 2.29. The molecular weight excluding hydrogens is 250 g/mol. The number of nitrogens with two attached hydrogens (primary N) is 1. The molecule has 1 aromatic carbocycles. The molecule has 0 spiro atoms. The number of nitro groups is 1. The van der Waals surface area contributed by atoms with Crippen molar-refractivity contribution in [3.05, 3.63) is 33.9 Å². The molecule has 0 radical (unpaired) electrons. The summed E-state index contributed by atoms with van der Waals surface area (Å²) in [5.41, 5.74) is 5.54. The third-order valence-electron chi connectivity index (χ3n) is 3.23. The fourth-order valence-electron chi connectivity index (χ4n) is 2.38. The average Bonchev–Trinajstić information content (AvgIpc) is 2.37. The van der Waals surface area contributed by atoms with Gasteiger partial charge in [0.05, 0.1) is 4.92 Å². The summed E-state index contributed by atoms with van der Waals surface area (Å²) < 4.78 is 0. The van der Waals surface area contributed by atoms with E-state index in [1.54, 1.807) is 11.0 Å². The van der Waals surface area contributed by atoms with Crippen LogP contribution in [0.2, 0.25) is 0 Å². The Kier molecular flexibility index (Phi) is 3.66. The van der Waals surface area contributed by atoms with E-state index < -0.39 is 10.9 Å². The van der Waals surface area contributed by atoms with Crippen molar-refractivity contribution in [3.8, 4) is 0 Å². The van der Waals surface area contributed by atoms with Crippen molar-refractivity contribution in [1.82, 2.24) is 0 Å². The number of anilines is 1. The number of piperidine rings is 1. The van der Waals surface area contributed by atoms with E-state index in [0.29, 0.717) is 18.8 Å². The van der Waals surface area contributed by atoms with Gasteiger partial charge in [-0.3, -0.25) is 10.1 Å². The Morgan fingerprint density at radius 3 is 2.84 bits per heavy atom. The van der Waals surface area contributed by atoms with Crippen LogP contribution in [-0.2, 0) is 0 Å². The average molecular weight is 265 g/mol. The molecule has 1 unspecified atom stereocenters. The molecule has 1 fully saturated rings. The second-order valence-electron chi connectivity index (χ2n) is 4.58. The highest BCUT2D eigenvalue weighted by atomic mass is 16.6. The lowest BCUT2D eigenvalue weighted by atomic mass is 10.0. The number of rotatable bonds is 3. The Morgan fingerprint density at radius 2 is 2.26 bits per heavy atom. The predicted octanol–water partition coefficient (Wildman–Crippen LogP) is 1.22. The van der Waals surface area contributed by atoms with E-state index in [9.17, 15) is 14.9 Å². The maximum Gasteiger partial charge on any atom is 0.342 e. The first-order valence-corrected chi connectivity index (χ1v) is 6.02. The first-order valence-electron chi connectivity index (χ1n) is 6.02. The van der Waals surface area contributed by atoms with Crippen molar-refractivity contribution < 1.29 is 14.8 Å². The van der Waals surface area contributed by atoms with Crippen LogP contribution in [0.1, 0.15) is 23.2 Å². The molecule has 2 rings (SSSR count). The van der Waals surface area contributed by atoms with Crippen LogP contribution in [0.25, 0.3) is 0 Å². The summed E-state index contributed by atoms with van der Waals surface area (Å²) in [5.74, 6) is -1.30. The highest BCUT2D eigenvalue weighted by Crippen LogP contribution is 2.33. The maximum absolute atomic E-state index is 11.2. The molecule has 0 saturated carbocycles. The van der Waals surface area contributed by atoms with E-state index >= 15 is 0 Å². The zero-order valence-electron chi connectivity index (χ0n) is 10.3. The second kappa shape index (κ2) is 5.23. The Labute approximate surface area is 109 Å². The van der Waals surface area contributed by atoms with Crippen LogP contribution in [0, 0.1) is 10.1 Å². The van der Waals surface area contributed by atoms with E-state index in [1.165, 1.54) is 12.1 Å². The van der Waals surface area contributed by atoms with Crippen LogP contribution < -0.4 is 10.6 Å². The fraction of sp³-hybridized carbons (Fsp3) is 0.417. The number of carbonyl (C=O) groups is 1. The zero-order chi connectivity index (χ0) is 14.0. The fourth-order valence-corrected chi connectivity index (χ4v) is 2.38. The molecule has 19 heavy (non-hydrogen) atoms. The van der Waals surface area contributed by atoms with Crippen molar-refractivity contribution in [1.29, 1.82) is 0 Å². The number of carboxylic acids is 1. The lowest BCUT2D eigenvalue weighted by Gasteiger charge is -2.32. The van der Waals surface area contributed by atoms with Gasteiger partial charge in [-0.2, -0.15) is 0 Å². The molecule has 0 amide bonds. The number of carboxylic acid groups (broad SMARTS) is 1. The summed E-state index contributed by atoms with van der Waals surface area (Å²) in [6.45, 7) is 1.15. The van der Waals surface area contributed by atoms with Crippen LogP contribution in [0.4, 0.5) is 11.4 Å². The molecule has 1 aliphatic heterocycles. The van der Waals surface area contributed by atoms with Gasteiger partial charge in [-0.05, 0) is 25.0 Å². The molecule has 1 aliphatic rings. The predicted molar refractivity (Wildman–Crippen MR) is 69.5 cm³/mol. The molecule has 1 heterocycles. The van der Waals surface area contributed by atoms with E-state index in [4.69, 9.17) is 10.8 Å². The van der Waals surface area contributed by atoms with Crippen molar-refractivity contribution in [2.75, 3.05) is 18.0 Å². The van der Waals surface area contributed by atoms with E-state index in [0.717, 1.165) is 12.8 Å². The molecule has 1 saturated heterocycles. The molecule has 7 heteroatoms. The molecule has 102 valence electrons. The number of benzene rings is 1. The monoisotopic (exact) mass is 265 g/mol. The van der Waals surface area contributed by atoms with Crippen LogP contribution in [0.15, 0.2) is 18.2 Å². The van der Waals surface area contributed by atoms with Gasteiger partial charge in [-0.1, -0.05) is 6.07 Å². The molecular formula is C12H15N3O4. The summed E-state index contributed by atoms with van der Waals surface area (Å²) in [7, 11) is 0. The lowest BCUT2D eigenvalue weighted by Crippen LogP contribution is -2.43. The third-order valence-corrected chi connectivity index (χ3v) is 3.23. The Balaban J connectivity index is 2.47. The lowest BCUT2D eigenvalue weighted by molar-refractivity contribution is -0.384. The highest BCUT2D eigenvalue weighted by molar-refractivity contribution is 5.95. The summed E-state index contributed by atoms with van der Waals surface area (Å²) >= 11 is 0. The number of para-hydroxylation sites is 1. The van der Waals surface area contributed by atoms with Gasteiger partial charge in [-0.15, -0.1) is 0 Å². The minimum atomic E-state index is -1.30. The van der Waals surface area contributed by atoms with Gasteiger partial charge in [0, 0.05) is 19.1 Å². The Morgan fingerprint density at radius 1 is 1.53 bits per heavy atom. The van der Waals surface area contributed by atoms with Gasteiger partial charge >= 0.3 is 11.7 Å². The minimum absolute atomic E-state index is 0.0400. The van der Waals surface area contributed by atoms with E-state index in [-0.39, 0.29) is 17.3 Å². The maximum atomic E-state index is 11.2. The Hall–Kier alpha value is -2.15. The van der Waals surface area contributed by atoms with Crippen LogP contribution in [0.5, 0.6) is 0 Å². The molecule has 7 nitrogen and oxygen atoms in total. The van der Waals surface area contributed by atoms with Crippen LogP contribution >= 0.6 is 0 Å². The smallest absolute Gasteiger partial charge is 0.342 e. The quantitative estimate of drug-likeness (QED) is 0.628. The normalized spacial score (nSPS) is 19.2. The molecule has 3 N–H and O–H groups in total. The van der Waals surface area contributed by atoms with Crippen molar-refractivity contribution in [2.45, 2.75) is 18.9 Å². The van der Waals surface area contributed by atoms with Gasteiger partial charge in [-0.25, -0.2) is 4.79 Å². The second-order valence-corrected chi connectivity index (χ2v) is 4.58. The van der Waals surface area contributed by atoms with Gasteiger partial charge in [0.2, 0.25) is 0 Å². The number of hydrogen-bond donors (Lipinski definition) is 2. The molecule has 0 aromatic heterocycles. The SMILES string of the molecule is NC1CCCN(c2cccc(C(=O)O)c2[N+](=O)[O-])C1. The first kappa shape index (κ1) is 13.3. The number of hydrogen-bond acceptors (Lipinski definition) is 5. The van der Waals surface area contributed by atoms with Gasteiger partial charge in [0.1, 0.15) is 11.3 Å². The van der Waals surface area contributed by atoms with E-state index in [2.05, 4.69) is 0 Å². The number of nitro benzene ring substituents is 1. The van der Waals surface area contributed by atoms with E-state index in [1.807, 2.05) is 0 Å². The molecule has 1 aromatic rings. The molecule has 0 aliphatic carbocycles. The van der Waals surface area contributed by atoms with Gasteiger partial charge in [0.15, 0.2) is 0 Å². The molecule has 0 bridgehead atoms. The van der Waals surface area contributed by atoms with Crippen LogP contribution in [0.3, 0.4) is 0 Å². The van der Waals surface area contributed by atoms with Crippen LogP contribution in [-0.4, -0.2) is 35.1 Å². The standard InChI is InChI=1S/C12H15N3O4/c13-8-3-2-6-14(7-8)10-5-1-4-9(12(16)17)11(10)15(18)19/h1,4-5,8H,2-3,6-7,13H2,(H,16,17). The van der Waals surface area contributed by atoms with Crippen molar-refractivity contribution in [3.63, 3.8) is 0 Å². The summed E-state index contributed by atoms with van der Waals surface area (Å²) in [4.78, 5) is 23.4.